The summed E-state index contributed by atoms with van der Waals surface area (Å²) >= 11 is 0. The third kappa shape index (κ3) is 1.47. The average Bonchev–Trinajstić information content (AvgIpc) is 2.82. The van der Waals surface area contributed by atoms with Gasteiger partial charge in [0.15, 0.2) is 0 Å². The monoisotopic (exact) mass is 198 g/mol. The average molecular weight is 198 g/mol. The smallest absolute Gasteiger partial charge is 0.0598 e. The van der Waals surface area contributed by atoms with E-state index in [0.717, 1.165) is 13.1 Å². The summed E-state index contributed by atoms with van der Waals surface area (Å²) < 4.78 is 0. The van der Waals surface area contributed by atoms with Crippen LogP contribution in [-0.2, 0) is 0 Å². The van der Waals surface area contributed by atoms with Crippen LogP contribution in [-0.4, -0.2) is 13.1 Å². The van der Waals surface area contributed by atoms with Crippen LogP contribution in [0.15, 0.2) is 42.5 Å². The molecule has 3 rings (SSSR count). The molecule has 2 heteroatoms. The Balaban J connectivity index is 2.16. The van der Waals surface area contributed by atoms with Crippen molar-refractivity contribution >= 4 is 16.5 Å². The molecule has 15 heavy (non-hydrogen) atoms. The van der Waals surface area contributed by atoms with Crippen LogP contribution in [0.3, 0.4) is 0 Å². The number of hydrogen-bond donors (Lipinski definition) is 1. The number of benzene rings is 2. The molecule has 0 radical (unpaired) electrons. The zero-order chi connectivity index (χ0) is 10.1. The Morgan fingerprint density at radius 2 is 1.87 bits per heavy atom. The van der Waals surface area contributed by atoms with Gasteiger partial charge in [-0.3, -0.25) is 0 Å². The van der Waals surface area contributed by atoms with Crippen molar-refractivity contribution in [2.45, 2.75) is 6.42 Å². The van der Waals surface area contributed by atoms with E-state index >= 15 is 0 Å². The first kappa shape index (κ1) is 8.74. The number of rotatable bonds is 1. The van der Waals surface area contributed by atoms with Crippen LogP contribution in [0, 0.1) is 0 Å². The lowest BCUT2D eigenvalue weighted by atomic mass is 10.1. The maximum absolute atomic E-state index is 3.40. The third-order valence-corrected chi connectivity index (χ3v) is 2.92. The minimum absolute atomic E-state index is 1.09. The highest BCUT2D eigenvalue weighted by molar-refractivity contribution is 5.94. The standard InChI is InChI=1S/C13H14N2/c1-2-7-12-11(5-1)6-3-8-13(12)15-10-4-9-14-15/h1-3,5-8,14H,4,9-10H2. The highest BCUT2D eigenvalue weighted by Crippen LogP contribution is 2.26. The van der Waals surface area contributed by atoms with Gasteiger partial charge in [0.25, 0.3) is 0 Å². The van der Waals surface area contributed by atoms with Crippen molar-refractivity contribution in [1.29, 1.82) is 0 Å². The van der Waals surface area contributed by atoms with E-state index in [1.807, 2.05) is 0 Å². The fraction of sp³-hybridized carbons (Fsp3) is 0.231. The minimum atomic E-state index is 1.09. The predicted octanol–water partition coefficient (Wildman–Crippen LogP) is 2.55. The molecule has 0 spiro atoms. The van der Waals surface area contributed by atoms with Gasteiger partial charge >= 0.3 is 0 Å². The first-order valence-corrected chi connectivity index (χ1v) is 5.44. The maximum Gasteiger partial charge on any atom is 0.0598 e. The molecule has 0 atom stereocenters. The Morgan fingerprint density at radius 1 is 1.00 bits per heavy atom. The van der Waals surface area contributed by atoms with Crippen LogP contribution in [0.5, 0.6) is 0 Å². The fourth-order valence-corrected chi connectivity index (χ4v) is 2.18. The van der Waals surface area contributed by atoms with Crippen molar-refractivity contribution in [3.8, 4) is 0 Å². The second kappa shape index (κ2) is 3.55. The number of hydrazine groups is 1. The zero-order valence-corrected chi connectivity index (χ0v) is 8.61. The Morgan fingerprint density at radius 3 is 2.73 bits per heavy atom. The van der Waals surface area contributed by atoms with E-state index in [9.17, 15) is 0 Å². The van der Waals surface area contributed by atoms with Gasteiger partial charge in [0.05, 0.1) is 5.69 Å². The van der Waals surface area contributed by atoms with E-state index < -0.39 is 0 Å². The largest absolute Gasteiger partial charge is 0.308 e. The van der Waals surface area contributed by atoms with Gasteiger partial charge in [-0.25, -0.2) is 5.43 Å². The maximum atomic E-state index is 3.40. The summed E-state index contributed by atoms with van der Waals surface area (Å²) in [7, 11) is 0. The predicted molar refractivity (Wildman–Crippen MR) is 63.9 cm³/mol. The van der Waals surface area contributed by atoms with Crippen molar-refractivity contribution in [2.75, 3.05) is 18.1 Å². The number of hydrogen-bond acceptors (Lipinski definition) is 2. The molecule has 0 unspecified atom stereocenters. The lowest BCUT2D eigenvalue weighted by Gasteiger charge is -2.19. The molecule has 0 aromatic heterocycles. The molecule has 2 aromatic rings. The Bertz CT molecular complexity index is 467. The molecule has 2 nitrogen and oxygen atoms in total. The van der Waals surface area contributed by atoms with E-state index in [1.165, 1.54) is 22.9 Å². The van der Waals surface area contributed by atoms with E-state index in [-0.39, 0.29) is 0 Å². The van der Waals surface area contributed by atoms with Crippen molar-refractivity contribution in [2.24, 2.45) is 0 Å². The lowest BCUT2D eigenvalue weighted by Crippen LogP contribution is -2.30. The molecular formula is C13H14N2. The number of anilines is 1. The molecule has 0 saturated carbocycles. The van der Waals surface area contributed by atoms with Gasteiger partial charge in [0, 0.05) is 18.5 Å². The summed E-state index contributed by atoms with van der Waals surface area (Å²) in [5, 5.41) is 4.89. The summed E-state index contributed by atoms with van der Waals surface area (Å²) in [6, 6.07) is 15.0. The molecule has 2 aromatic carbocycles. The summed E-state index contributed by atoms with van der Waals surface area (Å²) in [5.74, 6) is 0. The quantitative estimate of drug-likeness (QED) is 0.757. The molecule has 1 N–H and O–H groups in total. The summed E-state index contributed by atoms with van der Waals surface area (Å²) in [6.45, 7) is 2.19. The van der Waals surface area contributed by atoms with Gasteiger partial charge in [0.1, 0.15) is 0 Å². The topological polar surface area (TPSA) is 15.3 Å². The molecule has 0 aliphatic carbocycles. The fourth-order valence-electron chi connectivity index (χ4n) is 2.18. The third-order valence-electron chi connectivity index (χ3n) is 2.92. The van der Waals surface area contributed by atoms with E-state index in [0.29, 0.717) is 0 Å². The van der Waals surface area contributed by atoms with Crippen molar-refractivity contribution in [3.05, 3.63) is 42.5 Å². The molecule has 1 saturated heterocycles. The lowest BCUT2D eigenvalue weighted by molar-refractivity contribution is 0.790. The molecule has 76 valence electrons. The molecule has 0 bridgehead atoms. The number of fused-ring (bicyclic) bond motifs is 1. The summed E-state index contributed by atoms with van der Waals surface area (Å²) in [6.07, 6.45) is 1.23. The van der Waals surface area contributed by atoms with Gasteiger partial charge in [-0.2, -0.15) is 0 Å². The first-order chi connectivity index (χ1) is 7.45. The van der Waals surface area contributed by atoms with E-state index in [4.69, 9.17) is 0 Å². The first-order valence-electron chi connectivity index (χ1n) is 5.44. The normalized spacial score (nSPS) is 16.1. The molecule has 0 amide bonds. The minimum Gasteiger partial charge on any atom is -0.308 e. The van der Waals surface area contributed by atoms with Crippen LogP contribution in [0.1, 0.15) is 6.42 Å². The van der Waals surface area contributed by atoms with Crippen LogP contribution in [0.25, 0.3) is 10.8 Å². The van der Waals surface area contributed by atoms with Gasteiger partial charge in [-0.1, -0.05) is 36.4 Å². The SMILES string of the molecule is c1ccc2c(N3CCCN3)cccc2c1. The Labute approximate surface area is 89.5 Å². The van der Waals surface area contributed by atoms with Gasteiger partial charge in [0.2, 0.25) is 0 Å². The van der Waals surface area contributed by atoms with E-state index in [1.54, 1.807) is 0 Å². The number of nitrogens with zero attached hydrogens (tertiary/aromatic N) is 1. The van der Waals surface area contributed by atoms with Gasteiger partial charge in [-0.05, 0) is 17.9 Å². The molecule has 1 heterocycles. The highest BCUT2D eigenvalue weighted by Gasteiger charge is 2.13. The molecule has 1 fully saturated rings. The second-order valence-corrected chi connectivity index (χ2v) is 3.91. The van der Waals surface area contributed by atoms with E-state index in [2.05, 4.69) is 52.9 Å². The molecule has 1 aliphatic heterocycles. The van der Waals surface area contributed by atoms with Crippen LogP contribution >= 0.6 is 0 Å². The van der Waals surface area contributed by atoms with Crippen molar-refractivity contribution in [3.63, 3.8) is 0 Å². The Kier molecular flexibility index (Phi) is 2.07. The van der Waals surface area contributed by atoms with Crippen molar-refractivity contribution < 1.29 is 0 Å². The van der Waals surface area contributed by atoms with Gasteiger partial charge < -0.3 is 5.01 Å². The van der Waals surface area contributed by atoms with Gasteiger partial charge in [-0.15, -0.1) is 0 Å². The molecular weight excluding hydrogens is 184 g/mol. The molecule has 1 aliphatic rings. The Hall–Kier alpha value is -1.54. The summed E-state index contributed by atoms with van der Waals surface area (Å²) in [5.41, 5.74) is 4.70. The summed E-state index contributed by atoms with van der Waals surface area (Å²) in [4.78, 5) is 0. The van der Waals surface area contributed by atoms with Crippen molar-refractivity contribution in [1.82, 2.24) is 5.43 Å². The second-order valence-electron chi connectivity index (χ2n) is 3.91. The zero-order valence-electron chi connectivity index (χ0n) is 8.61. The van der Waals surface area contributed by atoms with Crippen LogP contribution in [0.2, 0.25) is 0 Å². The van der Waals surface area contributed by atoms with Crippen LogP contribution in [0.4, 0.5) is 5.69 Å². The van der Waals surface area contributed by atoms with Crippen LogP contribution < -0.4 is 10.4 Å². The highest BCUT2D eigenvalue weighted by atomic mass is 15.5. The number of nitrogens with one attached hydrogen (secondary N) is 1.